The number of benzene rings is 2. The molecule has 0 spiro atoms. The van der Waals surface area contributed by atoms with Crippen molar-refractivity contribution in [2.75, 3.05) is 23.3 Å². The molecule has 37 heavy (non-hydrogen) atoms. The van der Waals surface area contributed by atoms with Crippen molar-refractivity contribution in [1.82, 2.24) is 24.9 Å². The maximum absolute atomic E-state index is 13.4. The molecule has 9 heteroatoms. The Kier molecular flexibility index (Phi) is 5.17. The van der Waals surface area contributed by atoms with E-state index in [9.17, 15) is 4.79 Å². The molecule has 2 fully saturated rings. The lowest BCUT2D eigenvalue weighted by molar-refractivity contribution is 0.0305. The molecule has 7 rings (SSSR count). The highest BCUT2D eigenvalue weighted by Gasteiger charge is 2.34. The van der Waals surface area contributed by atoms with Gasteiger partial charge in [0.15, 0.2) is 0 Å². The number of H-pyrrole nitrogens is 2. The second-order valence-electron chi connectivity index (χ2n) is 9.87. The summed E-state index contributed by atoms with van der Waals surface area (Å²) < 4.78 is 6.01. The zero-order chi connectivity index (χ0) is 24.9. The van der Waals surface area contributed by atoms with Gasteiger partial charge >= 0.3 is 0 Å². The Labute approximate surface area is 212 Å². The first kappa shape index (κ1) is 22.0. The number of aromatic amines is 2. The summed E-state index contributed by atoms with van der Waals surface area (Å²) in [5, 5.41) is 4.40. The van der Waals surface area contributed by atoms with Gasteiger partial charge < -0.3 is 24.9 Å². The third-order valence-corrected chi connectivity index (χ3v) is 7.37. The predicted octanol–water partition coefficient (Wildman–Crippen LogP) is 4.40. The predicted molar refractivity (Wildman–Crippen MR) is 144 cm³/mol. The van der Waals surface area contributed by atoms with Gasteiger partial charge in [0.25, 0.3) is 5.56 Å². The SMILES string of the molecule is C[C@H](Nc1c(-c2nc3ccc(N4CC5CCC(C4)O5)cc3[nH]2)c(=O)[nH]c2ccccc12)c1ncccn1. The third-order valence-electron chi connectivity index (χ3n) is 7.37. The molecule has 2 saturated heterocycles. The van der Waals surface area contributed by atoms with Crippen molar-refractivity contribution in [3.63, 3.8) is 0 Å². The number of ether oxygens (including phenoxy) is 1. The van der Waals surface area contributed by atoms with Gasteiger partial charge in [0.2, 0.25) is 0 Å². The molecule has 2 aliphatic rings. The van der Waals surface area contributed by atoms with Crippen molar-refractivity contribution in [3.8, 4) is 11.4 Å². The number of nitrogens with one attached hydrogen (secondary N) is 3. The number of hydrogen-bond acceptors (Lipinski definition) is 7. The second-order valence-corrected chi connectivity index (χ2v) is 9.87. The van der Waals surface area contributed by atoms with E-state index in [0.717, 1.165) is 53.6 Å². The Morgan fingerprint density at radius 1 is 1.00 bits per heavy atom. The van der Waals surface area contributed by atoms with Gasteiger partial charge in [-0.2, -0.15) is 0 Å². The highest BCUT2D eigenvalue weighted by Crippen LogP contribution is 2.34. The van der Waals surface area contributed by atoms with E-state index in [0.29, 0.717) is 35.1 Å². The molecule has 3 N–H and O–H groups in total. The summed E-state index contributed by atoms with van der Waals surface area (Å²) >= 11 is 0. The highest BCUT2D eigenvalue weighted by atomic mass is 16.5. The van der Waals surface area contributed by atoms with Crippen molar-refractivity contribution < 1.29 is 4.74 Å². The Balaban J connectivity index is 1.32. The number of anilines is 2. The van der Waals surface area contributed by atoms with E-state index in [-0.39, 0.29) is 11.6 Å². The van der Waals surface area contributed by atoms with Gasteiger partial charge in [-0.05, 0) is 50.1 Å². The van der Waals surface area contributed by atoms with Crippen LogP contribution in [0, 0.1) is 0 Å². The van der Waals surface area contributed by atoms with E-state index in [1.54, 1.807) is 18.5 Å². The van der Waals surface area contributed by atoms with Crippen LogP contribution in [0.1, 0.15) is 31.6 Å². The van der Waals surface area contributed by atoms with E-state index in [1.807, 2.05) is 37.3 Å². The monoisotopic (exact) mass is 493 g/mol. The van der Waals surface area contributed by atoms with Crippen molar-refractivity contribution >= 4 is 33.3 Å². The molecule has 2 unspecified atom stereocenters. The number of nitrogens with zero attached hydrogens (tertiary/aromatic N) is 4. The number of imidazole rings is 1. The van der Waals surface area contributed by atoms with E-state index in [4.69, 9.17) is 9.72 Å². The Morgan fingerprint density at radius 3 is 2.59 bits per heavy atom. The van der Waals surface area contributed by atoms with Crippen LogP contribution in [0.4, 0.5) is 11.4 Å². The minimum Gasteiger partial charge on any atom is -0.374 e. The number of pyridine rings is 1. The van der Waals surface area contributed by atoms with Crippen LogP contribution in [0.15, 0.2) is 65.7 Å². The van der Waals surface area contributed by atoms with Gasteiger partial charge in [0, 0.05) is 36.6 Å². The number of aromatic nitrogens is 5. The first-order valence-corrected chi connectivity index (χ1v) is 12.7. The average Bonchev–Trinajstić information content (AvgIpc) is 3.50. The van der Waals surface area contributed by atoms with Gasteiger partial charge in [-0.15, -0.1) is 0 Å². The van der Waals surface area contributed by atoms with Crippen molar-refractivity contribution in [3.05, 3.63) is 77.1 Å². The zero-order valence-electron chi connectivity index (χ0n) is 20.4. The molecule has 9 nitrogen and oxygen atoms in total. The number of para-hydroxylation sites is 1. The van der Waals surface area contributed by atoms with Crippen LogP contribution in [0.3, 0.4) is 0 Å². The zero-order valence-corrected chi connectivity index (χ0v) is 20.4. The van der Waals surface area contributed by atoms with Crippen molar-refractivity contribution in [1.29, 1.82) is 0 Å². The van der Waals surface area contributed by atoms with E-state index < -0.39 is 0 Å². The standard InChI is InChI=1S/C28H27N7O2/c1-16(26-29-11-4-12-30-26)31-25-20-5-2-3-6-21(20)34-28(36)24(25)27-32-22-10-7-17(13-23(22)33-27)35-14-18-8-9-19(15-35)37-18/h2-7,10-13,16,18-19H,8-9,14-15H2,1H3,(H,32,33)(H2,31,34,36)/t16-,18?,19?/m0/s1. The summed E-state index contributed by atoms with van der Waals surface area (Å²) in [6, 6.07) is 15.6. The molecule has 3 aromatic heterocycles. The molecule has 0 aliphatic carbocycles. The lowest BCUT2D eigenvalue weighted by Gasteiger charge is -2.33. The maximum Gasteiger partial charge on any atom is 0.261 e. The minimum atomic E-state index is -0.224. The minimum absolute atomic E-state index is 0.216. The van der Waals surface area contributed by atoms with Gasteiger partial charge in [-0.1, -0.05) is 18.2 Å². The fraction of sp³-hybridized carbons (Fsp3) is 0.286. The first-order chi connectivity index (χ1) is 18.1. The molecule has 5 aromatic rings. The Hall–Kier alpha value is -4.24. The lowest BCUT2D eigenvalue weighted by Crippen LogP contribution is -2.42. The summed E-state index contributed by atoms with van der Waals surface area (Å²) in [6.07, 6.45) is 6.32. The fourth-order valence-corrected chi connectivity index (χ4v) is 5.57. The molecule has 2 aromatic carbocycles. The largest absolute Gasteiger partial charge is 0.374 e. The summed E-state index contributed by atoms with van der Waals surface area (Å²) in [4.78, 5) is 35.9. The Bertz CT molecular complexity index is 1650. The number of fused-ring (bicyclic) bond motifs is 4. The normalized spacial score (nSPS) is 20.0. The summed E-state index contributed by atoms with van der Waals surface area (Å²) in [7, 11) is 0. The number of rotatable bonds is 5. The number of morpholine rings is 1. The lowest BCUT2D eigenvalue weighted by atomic mass is 10.1. The van der Waals surface area contributed by atoms with Crippen LogP contribution < -0.4 is 15.8 Å². The van der Waals surface area contributed by atoms with Crippen LogP contribution in [-0.4, -0.2) is 50.2 Å². The Morgan fingerprint density at radius 2 is 1.78 bits per heavy atom. The quantitative estimate of drug-likeness (QED) is 0.333. The average molecular weight is 494 g/mol. The molecule has 0 saturated carbocycles. The van der Waals surface area contributed by atoms with Gasteiger partial charge in [-0.3, -0.25) is 4.79 Å². The maximum atomic E-state index is 13.4. The summed E-state index contributed by atoms with van der Waals surface area (Å²) in [5.41, 5.74) is 4.54. The molecule has 2 aliphatic heterocycles. The second kappa shape index (κ2) is 8.70. The topological polar surface area (TPSA) is 112 Å². The van der Waals surface area contributed by atoms with E-state index >= 15 is 0 Å². The molecule has 2 bridgehead atoms. The number of hydrogen-bond donors (Lipinski definition) is 3. The smallest absolute Gasteiger partial charge is 0.261 e. The van der Waals surface area contributed by atoms with Crippen LogP contribution in [0.25, 0.3) is 33.3 Å². The fourth-order valence-electron chi connectivity index (χ4n) is 5.57. The van der Waals surface area contributed by atoms with Crippen LogP contribution in [-0.2, 0) is 4.74 Å². The molecule has 0 amide bonds. The van der Waals surface area contributed by atoms with E-state index in [1.165, 1.54) is 0 Å². The van der Waals surface area contributed by atoms with Crippen LogP contribution in [0.5, 0.6) is 0 Å². The summed E-state index contributed by atoms with van der Waals surface area (Å²) in [6.45, 7) is 3.79. The summed E-state index contributed by atoms with van der Waals surface area (Å²) in [5.74, 6) is 1.16. The first-order valence-electron chi connectivity index (χ1n) is 12.7. The van der Waals surface area contributed by atoms with Crippen LogP contribution >= 0.6 is 0 Å². The molecular weight excluding hydrogens is 466 g/mol. The third kappa shape index (κ3) is 3.92. The van der Waals surface area contributed by atoms with Gasteiger partial charge in [0.1, 0.15) is 17.2 Å². The van der Waals surface area contributed by atoms with Crippen molar-refractivity contribution in [2.24, 2.45) is 0 Å². The molecule has 5 heterocycles. The van der Waals surface area contributed by atoms with Crippen molar-refractivity contribution in [2.45, 2.75) is 38.0 Å². The van der Waals surface area contributed by atoms with Gasteiger partial charge in [0.05, 0.1) is 40.5 Å². The molecule has 186 valence electrons. The van der Waals surface area contributed by atoms with Crippen LogP contribution in [0.2, 0.25) is 0 Å². The van der Waals surface area contributed by atoms with E-state index in [2.05, 4.69) is 42.3 Å². The molecule has 3 atom stereocenters. The highest BCUT2D eigenvalue weighted by molar-refractivity contribution is 5.99. The van der Waals surface area contributed by atoms with Gasteiger partial charge in [-0.25, -0.2) is 15.0 Å². The molecule has 0 radical (unpaired) electrons. The molecular formula is C28H27N7O2.